The monoisotopic (exact) mass is 334 g/mol. The van der Waals surface area contributed by atoms with Crippen LogP contribution in [0.1, 0.15) is 31.4 Å². The first kappa shape index (κ1) is 18.3. The molecule has 1 aliphatic heterocycles. The second-order valence-electron chi connectivity index (χ2n) is 5.85. The summed E-state index contributed by atoms with van der Waals surface area (Å²) < 4.78 is 10.2. The number of carbonyl (C=O) groups is 2. The van der Waals surface area contributed by atoms with E-state index in [1.807, 2.05) is 31.2 Å². The number of hydrogen-bond acceptors (Lipinski definition) is 4. The van der Waals surface area contributed by atoms with E-state index in [4.69, 9.17) is 9.47 Å². The molecule has 1 saturated heterocycles. The Labute approximate surface area is 143 Å². The van der Waals surface area contributed by atoms with Gasteiger partial charge in [-0.2, -0.15) is 0 Å². The molecule has 1 fully saturated rings. The number of benzene rings is 1. The molecule has 6 heteroatoms. The summed E-state index contributed by atoms with van der Waals surface area (Å²) in [5, 5.41) is 2.92. The fourth-order valence-electron chi connectivity index (χ4n) is 3.17. The van der Waals surface area contributed by atoms with Gasteiger partial charge in [-0.15, -0.1) is 0 Å². The minimum absolute atomic E-state index is 0.0235. The molecule has 2 rings (SSSR count). The van der Waals surface area contributed by atoms with E-state index in [0.717, 1.165) is 17.7 Å². The molecular weight excluding hydrogens is 308 g/mol. The second-order valence-corrected chi connectivity index (χ2v) is 5.85. The predicted molar refractivity (Wildman–Crippen MR) is 90.7 cm³/mol. The Balaban J connectivity index is 2.15. The van der Waals surface area contributed by atoms with Crippen LogP contribution in [0.25, 0.3) is 0 Å². The van der Waals surface area contributed by atoms with Crippen molar-refractivity contribution < 1.29 is 19.1 Å². The van der Waals surface area contributed by atoms with Gasteiger partial charge in [0.1, 0.15) is 5.75 Å². The molecule has 2 amide bonds. The van der Waals surface area contributed by atoms with Crippen LogP contribution in [0, 0.1) is 5.92 Å². The molecule has 1 heterocycles. The number of carbonyl (C=O) groups excluding carboxylic acids is 2. The van der Waals surface area contributed by atoms with Crippen molar-refractivity contribution in [1.82, 2.24) is 10.2 Å². The molecule has 0 aromatic heterocycles. The van der Waals surface area contributed by atoms with Crippen molar-refractivity contribution in [3.63, 3.8) is 0 Å². The Hall–Kier alpha value is -2.08. The summed E-state index contributed by atoms with van der Waals surface area (Å²) in [4.78, 5) is 26.7. The van der Waals surface area contributed by atoms with E-state index in [-0.39, 0.29) is 30.2 Å². The lowest BCUT2D eigenvalue weighted by atomic mass is 9.92. The van der Waals surface area contributed by atoms with Crippen molar-refractivity contribution in [1.29, 1.82) is 0 Å². The largest absolute Gasteiger partial charge is 0.497 e. The number of nitrogens with one attached hydrogen (secondary N) is 1. The molecule has 2 atom stereocenters. The van der Waals surface area contributed by atoms with Crippen LogP contribution < -0.4 is 10.1 Å². The van der Waals surface area contributed by atoms with Crippen LogP contribution in [0.2, 0.25) is 0 Å². The maximum Gasteiger partial charge on any atom is 0.226 e. The zero-order chi connectivity index (χ0) is 17.5. The molecular formula is C18H26N2O4. The third kappa shape index (κ3) is 4.06. The van der Waals surface area contributed by atoms with Crippen molar-refractivity contribution in [2.45, 2.75) is 25.8 Å². The predicted octanol–water partition coefficient (Wildman–Crippen LogP) is 1.76. The molecule has 1 N–H and O–H groups in total. The lowest BCUT2D eigenvalue weighted by Gasteiger charge is -2.27. The van der Waals surface area contributed by atoms with Crippen LogP contribution in [0.3, 0.4) is 0 Å². The molecule has 0 bridgehead atoms. The summed E-state index contributed by atoms with van der Waals surface area (Å²) in [7, 11) is 3.25. The van der Waals surface area contributed by atoms with Crippen LogP contribution in [0.4, 0.5) is 0 Å². The van der Waals surface area contributed by atoms with Gasteiger partial charge in [0.15, 0.2) is 0 Å². The van der Waals surface area contributed by atoms with Gasteiger partial charge < -0.3 is 19.7 Å². The van der Waals surface area contributed by atoms with E-state index in [2.05, 4.69) is 5.32 Å². The number of amides is 2. The third-order valence-corrected chi connectivity index (χ3v) is 4.39. The molecule has 0 spiro atoms. The van der Waals surface area contributed by atoms with Crippen molar-refractivity contribution in [3.8, 4) is 5.75 Å². The van der Waals surface area contributed by atoms with E-state index in [1.165, 1.54) is 0 Å². The van der Waals surface area contributed by atoms with Gasteiger partial charge in [0.05, 0.1) is 19.1 Å². The van der Waals surface area contributed by atoms with Crippen LogP contribution in [-0.2, 0) is 14.3 Å². The fourth-order valence-corrected chi connectivity index (χ4v) is 3.17. The molecule has 1 aliphatic rings. The maximum absolute atomic E-state index is 12.6. The highest BCUT2D eigenvalue weighted by Crippen LogP contribution is 2.38. The van der Waals surface area contributed by atoms with Crippen molar-refractivity contribution in [2.24, 2.45) is 5.92 Å². The van der Waals surface area contributed by atoms with E-state index in [9.17, 15) is 9.59 Å². The minimum atomic E-state index is -0.367. The van der Waals surface area contributed by atoms with Gasteiger partial charge in [-0.25, -0.2) is 0 Å². The minimum Gasteiger partial charge on any atom is -0.497 e. The standard InChI is InChI=1S/C18H26N2O4/c1-4-20-16(21)12-15(18(22)19-10-5-11-23-2)17(20)13-6-8-14(24-3)9-7-13/h6-9,15,17H,4-5,10-12H2,1-3H3,(H,19,22)/t15-,17+/m1/s1. The van der Waals surface area contributed by atoms with E-state index in [0.29, 0.717) is 19.7 Å². The molecule has 132 valence electrons. The number of ether oxygens (including phenoxy) is 2. The summed E-state index contributed by atoms with van der Waals surface area (Å²) in [5.41, 5.74) is 0.959. The lowest BCUT2D eigenvalue weighted by molar-refractivity contribution is -0.129. The zero-order valence-corrected chi connectivity index (χ0v) is 14.6. The van der Waals surface area contributed by atoms with E-state index >= 15 is 0 Å². The quantitative estimate of drug-likeness (QED) is 0.736. The van der Waals surface area contributed by atoms with Gasteiger partial charge in [-0.3, -0.25) is 9.59 Å². The first-order valence-electron chi connectivity index (χ1n) is 8.32. The van der Waals surface area contributed by atoms with E-state index < -0.39 is 0 Å². The number of nitrogens with zero attached hydrogens (tertiary/aromatic N) is 1. The zero-order valence-electron chi connectivity index (χ0n) is 14.6. The normalized spacial score (nSPS) is 20.3. The molecule has 1 aromatic carbocycles. The summed E-state index contributed by atoms with van der Waals surface area (Å²) in [6.45, 7) is 3.68. The number of hydrogen-bond donors (Lipinski definition) is 1. The Bertz CT molecular complexity index is 559. The fraction of sp³-hybridized carbons (Fsp3) is 0.556. The van der Waals surface area contributed by atoms with Gasteiger partial charge in [0.2, 0.25) is 11.8 Å². The highest BCUT2D eigenvalue weighted by Gasteiger charge is 2.43. The number of rotatable bonds is 8. The summed E-state index contributed by atoms with van der Waals surface area (Å²) >= 11 is 0. The summed E-state index contributed by atoms with van der Waals surface area (Å²) in [6, 6.07) is 7.35. The Kier molecular flexibility index (Phi) is 6.61. The van der Waals surface area contributed by atoms with Crippen molar-refractivity contribution >= 4 is 11.8 Å². The average Bonchev–Trinajstić information content (AvgIpc) is 2.95. The highest BCUT2D eigenvalue weighted by atomic mass is 16.5. The van der Waals surface area contributed by atoms with Crippen LogP contribution in [0.15, 0.2) is 24.3 Å². The smallest absolute Gasteiger partial charge is 0.226 e. The van der Waals surface area contributed by atoms with Gasteiger partial charge in [0, 0.05) is 33.2 Å². The number of likely N-dealkylation sites (tertiary alicyclic amines) is 1. The van der Waals surface area contributed by atoms with Gasteiger partial charge >= 0.3 is 0 Å². The molecule has 0 unspecified atom stereocenters. The molecule has 1 aromatic rings. The van der Waals surface area contributed by atoms with Crippen LogP contribution >= 0.6 is 0 Å². The van der Waals surface area contributed by atoms with Crippen LogP contribution in [-0.4, -0.2) is 50.6 Å². The summed E-state index contributed by atoms with van der Waals surface area (Å²) in [5.74, 6) is 0.339. The number of methoxy groups -OCH3 is 2. The molecule has 0 aliphatic carbocycles. The molecule has 0 radical (unpaired) electrons. The second kappa shape index (κ2) is 8.68. The highest BCUT2D eigenvalue weighted by molar-refractivity contribution is 5.90. The Morgan fingerprint density at radius 2 is 2.00 bits per heavy atom. The average molecular weight is 334 g/mol. The van der Waals surface area contributed by atoms with Gasteiger partial charge in [-0.05, 0) is 31.0 Å². The topological polar surface area (TPSA) is 67.9 Å². The van der Waals surface area contributed by atoms with Crippen LogP contribution in [0.5, 0.6) is 5.75 Å². The maximum atomic E-state index is 12.6. The first-order valence-corrected chi connectivity index (χ1v) is 8.32. The van der Waals surface area contributed by atoms with Gasteiger partial charge in [0.25, 0.3) is 0 Å². The molecule has 6 nitrogen and oxygen atoms in total. The van der Waals surface area contributed by atoms with Gasteiger partial charge in [-0.1, -0.05) is 12.1 Å². The Morgan fingerprint density at radius 3 is 2.58 bits per heavy atom. The third-order valence-electron chi connectivity index (χ3n) is 4.39. The molecule has 24 heavy (non-hydrogen) atoms. The van der Waals surface area contributed by atoms with Crippen molar-refractivity contribution in [3.05, 3.63) is 29.8 Å². The van der Waals surface area contributed by atoms with E-state index in [1.54, 1.807) is 19.1 Å². The Morgan fingerprint density at radius 1 is 1.29 bits per heavy atom. The lowest BCUT2D eigenvalue weighted by Crippen LogP contribution is -2.36. The SMILES string of the molecule is CCN1C(=O)C[C@@H](C(=O)NCCCOC)[C@@H]1c1ccc(OC)cc1. The summed E-state index contributed by atoms with van der Waals surface area (Å²) in [6.07, 6.45) is 1.01. The molecule has 0 saturated carbocycles. The first-order chi connectivity index (χ1) is 11.6. The van der Waals surface area contributed by atoms with Crippen molar-refractivity contribution in [2.75, 3.05) is 33.9 Å².